The number of hydrogen-bond acceptors (Lipinski definition) is 5. The maximum Gasteiger partial charge on any atom is 0.0946 e. The lowest BCUT2D eigenvalue weighted by Crippen LogP contribution is -2.41. The van der Waals surface area contributed by atoms with Gasteiger partial charge in [0.15, 0.2) is 0 Å². The van der Waals surface area contributed by atoms with Gasteiger partial charge in [0.2, 0.25) is 0 Å². The van der Waals surface area contributed by atoms with Crippen molar-refractivity contribution in [3.05, 3.63) is 15.6 Å². The molecule has 0 bridgehead atoms. The molecule has 0 amide bonds. The summed E-state index contributed by atoms with van der Waals surface area (Å²) in [7, 11) is 0. The second-order valence-electron chi connectivity index (χ2n) is 5.04. The Bertz CT molecular complexity index is 385. The minimum atomic E-state index is 0.238. The van der Waals surface area contributed by atoms with Gasteiger partial charge in [-0.3, -0.25) is 0 Å². The van der Waals surface area contributed by atoms with Gasteiger partial charge in [-0.1, -0.05) is 13.8 Å². The topological polar surface area (TPSA) is 38.9 Å². The highest BCUT2D eigenvalue weighted by molar-refractivity contribution is 8.07. The monoisotopic (exact) mass is 302 g/mol. The molecule has 4 atom stereocenters. The second kappa shape index (κ2) is 6.16. The van der Waals surface area contributed by atoms with Crippen LogP contribution in [0.15, 0.2) is 0 Å². The molecule has 4 unspecified atom stereocenters. The van der Waals surface area contributed by atoms with Crippen LogP contribution in [-0.4, -0.2) is 32.5 Å². The third-order valence-electron chi connectivity index (χ3n) is 3.53. The minimum Gasteiger partial charge on any atom is -0.326 e. The van der Waals surface area contributed by atoms with Gasteiger partial charge in [-0.05, 0) is 13.8 Å². The summed E-state index contributed by atoms with van der Waals surface area (Å²) in [5, 5.41) is 3.24. The molecule has 2 heterocycles. The predicted octanol–water partition coefficient (Wildman–Crippen LogP) is 3.26. The number of nitrogens with zero attached hydrogens (tertiary/aromatic N) is 1. The van der Waals surface area contributed by atoms with Crippen molar-refractivity contribution in [2.45, 2.75) is 55.9 Å². The highest BCUT2D eigenvalue weighted by Crippen LogP contribution is 2.37. The van der Waals surface area contributed by atoms with E-state index in [0.717, 1.165) is 17.4 Å². The van der Waals surface area contributed by atoms with E-state index in [1.54, 1.807) is 11.3 Å². The van der Waals surface area contributed by atoms with E-state index in [1.807, 2.05) is 0 Å². The molecule has 5 heteroatoms. The van der Waals surface area contributed by atoms with Crippen molar-refractivity contribution in [1.82, 2.24) is 4.98 Å². The number of aryl methyl sites for hydroxylation is 2. The molecule has 1 aliphatic heterocycles. The quantitative estimate of drug-likeness (QED) is 0.930. The summed E-state index contributed by atoms with van der Waals surface area (Å²) in [6.45, 7) is 8.85. The van der Waals surface area contributed by atoms with Crippen LogP contribution >= 0.6 is 34.9 Å². The fourth-order valence-electron chi connectivity index (χ4n) is 1.99. The molecule has 1 aliphatic rings. The van der Waals surface area contributed by atoms with Gasteiger partial charge in [0, 0.05) is 38.8 Å². The summed E-state index contributed by atoms with van der Waals surface area (Å²) in [5.41, 5.74) is 7.54. The van der Waals surface area contributed by atoms with Crippen LogP contribution in [0.1, 0.15) is 29.4 Å². The lowest BCUT2D eigenvalue weighted by Gasteiger charge is -2.34. The fraction of sp³-hybridized carbons (Fsp3) is 0.769. The number of aromatic nitrogens is 1. The summed E-state index contributed by atoms with van der Waals surface area (Å²) >= 11 is 5.93. The van der Waals surface area contributed by atoms with E-state index in [9.17, 15) is 0 Å². The van der Waals surface area contributed by atoms with Gasteiger partial charge in [-0.25, -0.2) is 4.98 Å². The second-order valence-corrected chi connectivity index (χ2v) is 9.35. The number of hydrogen-bond donors (Lipinski definition) is 1. The lowest BCUT2D eigenvalue weighted by atomic mass is 10.2. The molecule has 18 heavy (non-hydrogen) atoms. The first-order valence-corrected chi connectivity index (χ1v) is 9.23. The van der Waals surface area contributed by atoms with Crippen molar-refractivity contribution >= 4 is 34.9 Å². The summed E-state index contributed by atoms with van der Waals surface area (Å²) in [4.78, 5) is 5.93. The van der Waals surface area contributed by atoms with Gasteiger partial charge < -0.3 is 5.73 Å². The van der Waals surface area contributed by atoms with Crippen LogP contribution in [0.3, 0.4) is 0 Å². The Hall–Kier alpha value is 0.290. The van der Waals surface area contributed by atoms with Crippen molar-refractivity contribution in [3.8, 4) is 0 Å². The molecule has 1 saturated heterocycles. The average molecular weight is 303 g/mol. The Kier molecular flexibility index (Phi) is 5.03. The molecule has 0 aliphatic carbocycles. The van der Waals surface area contributed by atoms with Crippen molar-refractivity contribution in [1.29, 1.82) is 0 Å². The fourth-order valence-corrected chi connectivity index (χ4v) is 6.06. The highest BCUT2D eigenvalue weighted by Gasteiger charge is 2.30. The molecule has 2 rings (SSSR count). The van der Waals surface area contributed by atoms with E-state index < -0.39 is 0 Å². The minimum absolute atomic E-state index is 0.238. The molecule has 1 fully saturated rings. The zero-order chi connectivity index (χ0) is 13.3. The highest BCUT2D eigenvalue weighted by atomic mass is 32.2. The average Bonchev–Trinajstić information content (AvgIpc) is 2.61. The van der Waals surface area contributed by atoms with Gasteiger partial charge in [0.25, 0.3) is 0 Å². The Morgan fingerprint density at radius 1 is 1.33 bits per heavy atom. The number of thiazole rings is 1. The molecule has 0 aromatic carbocycles. The molecule has 1 aromatic rings. The lowest BCUT2D eigenvalue weighted by molar-refractivity contribution is 0.654. The SMILES string of the molecule is Cc1nc(CC(N)C2CSC(C)C(C)S2)sc1C. The predicted molar refractivity (Wildman–Crippen MR) is 86.0 cm³/mol. The number of thioether (sulfide) groups is 2. The van der Waals surface area contributed by atoms with E-state index in [0.29, 0.717) is 10.5 Å². The summed E-state index contributed by atoms with van der Waals surface area (Å²) < 4.78 is 0. The van der Waals surface area contributed by atoms with E-state index in [-0.39, 0.29) is 6.04 Å². The smallest absolute Gasteiger partial charge is 0.0946 e. The van der Waals surface area contributed by atoms with E-state index in [4.69, 9.17) is 5.73 Å². The molecular formula is C13H22N2S3. The van der Waals surface area contributed by atoms with Gasteiger partial charge in [-0.15, -0.1) is 11.3 Å². The largest absolute Gasteiger partial charge is 0.326 e. The summed E-state index contributed by atoms with van der Waals surface area (Å²) in [6, 6.07) is 0.238. The summed E-state index contributed by atoms with van der Waals surface area (Å²) in [6.07, 6.45) is 0.929. The van der Waals surface area contributed by atoms with Crippen molar-refractivity contribution in [3.63, 3.8) is 0 Å². The zero-order valence-electron chi connectivity index (χ0n) is 11.5. The molecular weight excluding hydrogens is 280 g/mol. The first-order chi connectivity index (χ1) is 8.47. The van der Waals surface area contributed by atoms with E-state index in [2.05, 4.69) is 56.2 Å². The Labute approximate surface area is 123 Å². The molecule has 1 aromatic heterocycles. The third kappa shape index (κ3) is 3.44. The van der Waals surface area contributed by atoms with Crippen LogP contribution < -0.4 is 5.73 Å². The number of rotatable bonds is 3. The zero-order valence-corrected chi connectivity index (χ0v) is 13.9. The van der Waals surface area contributed by atoms with Gasteiger partial charge in [0.05, 0.1) is 10.7 Å². The van der Waals surface area contributed by atoms with Crippen molar-refractivity contribution in [2.24, 2.45) is 5.73 Å². The maximum atomic E-state index is 6.38. The maximum absolute atomic E-state index is 6.38. The van der Waals surface area contributed by atoms with Gasteiger partial charge in [-0.2, -0.15) is 23.5 Å². The van der Waals surface area contributed by atoms with Crippen LogP contribution in [0, 0.1) is 13.8 Å². The van der Waals surface area contributed by atoms with Gasteiger partial charge >= 0.3 is 0 Å². The van der Waals surface area contributed by atoms with Crippen molar-refractivity contribution < 1.29 is 0 Å². The van der Waals surface area contributed by atoms with E-state index in [1.165, 1.54) is 15.6 Å². The van der Waals surface area contributed by atoms with Crippen LogP contribution in [0.2, 0.25) is 0 Å². The molecule has 0 radical (unpaired) electrons. The third-order valence-corrected chi connectivity index (χ3v) is 8.20. The molecule has 0 spiro atoms. The van der Waals surface area contributed by atoms with Crippen LogP contribution in [-0.2, 0) is 6.42 Å². The Morgan fingerprint density at radius 3 is 2.61 bits per heavy atom. The van der Waals surface area contributed by atoms with Crippen LogP contribution in [0.4, 0.5) is 0 Å². The molecule has 102 valence electrons. The van der Waals surface area contributed by atoms with Gasteiger partial charge in [0.1, 0.15) is 0 Å². The van der Waals surface area contributed by atoms with Crippen LogP contribution in [0.5, 0.6) is 0 Å². The van der Waals surface area contributed by atoms with Crippen molar-refractivity contribution in [2.75, 3.05) is 5.75 Å². The summed E-state index contributed by atoms with van der Waals surface area (Å²) in [5.74, 6) is 1.18. The normalized spacial score (nSPS) is 30.4. The molecule has 2 nitrogen and oxygen atoms in total. The molecule has 2 N–H and O–H groups in total. The standard InChI is InChI=1S/C13H22N2S3/c1-7-8(2)18-13(15-7)5-11(14)12-6-16-9(3)10(4)17-12/h9-12H,5-6,14H2,1-4H3. The van der Waals surface area contributed by atoms with E-state index >= 15 is 0 Å². The Morgan fingerprint density at radius 2 is 2.06 bits per heavy atom. The van der Waals surface area contributed by atoms with Crippen LogP contribution in [0.25, 0.3) is 0 Å². The Balaban J connectivity index is 1.93. The number of nitrogens with two attached hydrogens (primary N) is 1. The first kappa shape index (κ1) is 14.7. The molecule has 0 saturated carbocycles. The first-order valence-electron chi connectivity index (χ1n) is 6.43.